The maximum absolute atomic E-state index is 12.0. The van der Waals surface area contributed by atoms with Crippen LogP contribution in [0.3, 0.4) is 0 Å². The normalized spacial score (nSPS) is 10.7. The van der Waals surface area contributed by atoms with Gasteiger partial charge >= 0.3 is 5.69 Å². The quantitative estimate of drug-likeness (QED) is 0.775. The van der Waals surface area contributed by atoms with Gasteiger partial charge in [0, 0.05) is 11.1 Å². The smallest absolute Gasteiger partial charge is 0.345 e. The number of aromatic amines is 1. The van der Waals surface area contributed by atoms with Crippen LogP contribution in [0.15, 0.2) is 53.3 Å². The van der Waals surface area contributed by atoms with Crippen LogP contribution in [-0.2, 0) is 6.42 Å². The van der Waals surface area contributed by atoms with Crippen LogP contribution in [0.5, 0.6) is 5.75 Å². The molecule has 1 heterocycles. The van der Waals surface area contributed by atoms with Crippen LogP contribution >= 0.6 is 0 Å². The second kappa shape index (κ2) is 6.08. The molecule has 0 amide bonds. The van der Waals surface area contributed by atoms with Crippen LogP contribution in [-0.4, -0.2) is 15.1 Å². The molecular formula is C19H18N2O2. The Balaban J connectivity index is 2.16. The van der Waals surface area contributed by atoms with Crippen molar-refractivity contribution >= 4 is 0 Å². The Morgan fingerprint density at radius 2 is 1.91 bits per heavy atom. The number of aromatic nitrogens is 2. The molecule has 0 aliphatic carbocycles. The molecule has 2 N–H and O–H groups in total. The Bertz CT molecular complexity index is 913. The van der Waals surface area contributed by atoms with E-state index in [1.807, 2.05) is 37.3 Å². The standard InChI is InChI=1S/C19H18N2O2/c1-3-13-6-4-5-7-15(13)17-11-16(20-19(23)21-17)14-8-9-18(22)12(2)10-14/h4-11,22H,3H2,1-2H3,(H,20,21,23). The van der Waals surface area contributed by atoms with E-state index in [1.54, 1.807) is 12.1 Å². The molecule has 116 valence electrons. The van der Waals surface area contributed by atoms with E-state index in [0.717, 1.165) is 28.8 Å². The molecule has 0 aliphatic heterocycles. The maximum Gasteiger partial charge on any atom is 0.345 e. The molecule has 0 aliphatic rings. The third-order valence-corrected chi connectivity index (χ3v) is 3.93. The predicted octanol–water partition coefficient (Wildman–Crippen LogP) is 3.68. The highest BCUT2D eigenvalue weighted by Crippen LogP contribution is 2.27. The fourth-order valence-electron chi connectivity index (χ4n) is 2.66. The molecule has 1 aromatic heterocycles. The highest BCUT2D eigenvalue weighted by atomic mass is 16.3. The first kappa shape index (κ1) is 15.0. The predicted molar refractivity (Wildman–Crippen MR) is 91.5 cm³/mol. The number of rotatable bonds is 3. The molecule has 0 atom stereocenters. The van der Waals surface area contributed by atoms with E-state index in [-0.39, 0.29) is 11.4 Å². The van der Waals surface area contributed by atoms with E-state index < -0.39 is 0 Å². The van der Waals surface area contributed by atoms with Crippen LogP contribution in [0.25, 0.3) is 22.5 Å². The van der Waals surface area contributed by atoms with Crippen molar-refractivity contribution in [2.45, 2.75) is 20.3 Å². The number of aryl methyl sites for hydroxylation is 2. The molecule has 23 heavy (non-hydrogen) atoms. The van der Waals surface area contributed by atoms with E-state index in [0.29, 0.717) is 5.69 Å². The second-order valence-electron chi connectivity index (χ2n) is 5.50. The van der Waals surface area contributed by atoms with Gasteiger partial charge in [-0.25, -0.2) is 4.79 Å². The number of phenolic OH excluding ortho intramolecular Hbond substituents is 1. The molecule has 4 heteroatoms. The Kier molecular flexibility index (Phi) is 3.98. The summed E-state index contributed by atoms with van der Waals surface area (Å²) in [5, 5.41) is 9.66. The fraction of sp³-hybridized carbons (Fsp3) is 0.158. The largest absolute Gasteiger partial charge is 0.508 e. The van der Waals surface area contributed by atoms with Gasteiger partial charge in [0.2, 0.25) is 0 Å². The van der Waals surface area contributed by atoms with Gasteiger partial charge in [0.25, 0.3) is 0 Å². The van der Waals surface area contributed by atoms with Gasteiger partial charge < -0.3 is 10.1 Å². The molecule has 0 spiro atoms. The first-order valence-electron chi connectivity index (χ1n) is 7.58. The molecule has 0 unspecified atom stereocenters. The van der Waals surface area contributed by atoms with E-state index in [1.165, 1.54) is 5.56 Å². The molecular weight excluding hydrogens is 288 g/mol. The van der Waals surface area contributed by atoms with Crippen LogP contribution in [0.2, 0.25) is 0 Å². The van der Waals surface area contributed by atoms with Crippen molar-refractivity contribution in [3.63, 3.8) is 0 Å². The molecule has 0 saturated heterocycles. The lowest BCUT2D eigenvalue weighted by Gasteiger charge is -2.09. The highest BCUT2D eigenvalue weighted by Gasteiger charge is 2.09. The molecule has 3 rings (SSSR count). The highest BCUT2D eigenvalue weighted by molar-refractivity contribution is 5.70. The van der Waals surface area contributed by atoms with E-state index >= 15 is 0 Å². The third-order valence-electron chi connectivity index (χ3n) is 3.93. The molecule has 4 nitrogen and oxygen atoms in total. The lowest BCUT2D eigenvalue weighted by molar-refractivity contribution is 0.471. The number of hydrogen-bond acceptors (Lipinski definition) is 3. The monoisotopic (exact) mass is 306 g/mol. The fourth-order valence-corrected chi connectivity index (χ4v) is 2.66. The number of H-pyrrole nitrogens is 1. The minimum Gasteiger partial charge on any atom is -0.508 e. The third kappa shape index (κ3) is 3.01. The van der Waals surface area contributed by atoms with Gasteiger partial charge in [0.1, 0.15) is 5.75 Å². The van der Waals surface area contributed by atoms with Crippen molar-refractivity contribution in [2.24, 2.45) is 0 Å². The summed E-state index contributed by atoms with van der Waals surface area (Å²) in [6.07, 6.45) is 0.883. The lowest BCUT2D eigenvalue weighted by atomic mass is 10.0. The Morgan fingerprint density at radius 1 is 1.13 bits per heavy atom. The van der Waals surface area contributed by atoms with Crippen LogP contribution in [0.1, 0.15) is 18.1 Å². The molecule has 0 saturated carbocycles. The van der Waals surface area contributed by atoms with E-state index in [4.69, 9.17) is 0 Å². The van der Waals surface area contributed by atoms with Crippen LogP contribution < -0.4 is 5.69 Å². The van der Waals surface area contributed by atoms with Gasteiger partial charge in [0.15, 0.2) is 0 Å². The zero-order valence-corrected chi connectivity index (χ0v) is 13.1. The lowest BCUT2D eigenvalue weighted by Crippen LogP contribution is -2.12. The summed E-state index contributed by atoms with van der Waals surface area (Å²) in [6.45, 7) is 3.90. The van der Waals surface area contributed by atoms with Crippen molar-refractivity contribution < 1.29 is 5.11 Å². The number of phenols is 1. The summed E-state index contributed by atoms with van der Waals surface area (Å²) in [5.41, 5.74) is 4.70. The van der Waals surface area contributed by atoms with Gasteiger partial charge in [-0.05, 0) is 48.7 Å². The number of benzene rings is 2. The Morgan fingerprint density at radius 3 is 2.65 bits per heavy atom. The van der Waals surface area contributed by atoms with Crippen molar-refractivity contribution in [3.05, 3.63) is 70.1 Å². The molecule has 0 radical (unpaired) electrons. The van der Waals surface area contributed by atoms with Crippen molar-refractivity contribution in [1.82, 2.24) is 9.97 Å². The zero-order chi connectivity index (χ0) is 16.4. The summed E-state index contributed by atoms with van der Waals surface area (Å²) in [4.78, 5) is 18.9. The SMILES string of the molecule is CCc1ccccc1-c1cc(-c2ccc(O)c(C)c2)nc(=O)[nH]1. The van der Waals surface area contributed by atoms with E-state index in [9.17, 15) is 9.90 Å². The summed E-state index contributed by atoms with van der Waals surface area (Å²) >= 11 is 0. The molecule has 2 aromatic carbocycles. The van der Waals surface area contributed by atoms with Gasteiger partial charge in [0.05, 0.1) is 11.4 Å². The Labute approximate surface area is 134 Å². The van der Waals surface area contributed by atoms with Crippen LogP contribution in [0, 0.1) is 6.92 Å². The van der Waals surface area contributed by atoms with Gasteiger partial charge in [-0.3, -0.25) is 0 Å². The summed E-state index contributed by atoms with van der Waals surface area (Å²) in [7, 11) is 0. The summed E-state index contributed by atoms with van der Waals surface area (Å²) < 4.78 is 0. The second-order valence-corrected chi connectivity index (χ2v) is 5.50. The van der Waals surface area contributed by atoms with Crippen molar-refractivity contribution in [3.8, 4) is 28.3 Å². The van der Waals surface area contributed by atoms with Gasteiger partial charge in [-0.2, -0.15) is 4.98 Å². The van der Waals surface area contributed by atoms with Crippen molar-refractivity contribution in [2.75, 3.05) is 0 Å². The molecule has 3 aromatic rings. The number of aromatic hydroxyl groups is 1. The topological polar surface area (TPSA) is 66.0 Å². The average molecular weight is 306 g/mol. The maximum atomic E-state index is 12.0. The zero-order valence-electron chi connectivity index (χ0n) is 13.1. The molecule has 0 bridgehead atoms. The summed E-state index contributed by atoms with van der Waals surface area (Å²) in [5.74, 6) is 0.232. The molecule has 0 fully saturated rings. The first-order chi connectivity index (χ1) is 11.1. The number of hydrogen-bond donors (Lipinski definition) is 2. The number of nitrogens with one attached hydrogen (secondary N) is 1. The number of nitrogens with zero attached hydrogens (tertiary/aromatic N) is 1. The van der Waals surface area contributed by atoms with Gasteiger partial charge in [-0.15, -0.1) is 0 Å². The Hall–Kier alpha value is -2.88. The average Bonchev–Trinajstić information content (AvgIpc) is 2.56. The summed E-state index contributed by atoms with van der Waals surface area (Å²) in [6, 6.07) is 15.1. The van der Waals surface area contributed by atoms with Crippen molar-refractivity contribution in [1.29, 1.82) is 0 Å². The minimum absolute atomic E-state index is 0.232. The van der Waals surface area contributed by atoms with E-state index in [2.05, 4.69) is 23.0 Å². The van der Waals surface area contributed by atoms with Crippen LogP contribution in [0.4, 0.5) is 0 Å². The minimum atomic E-state index is -0.380. The first-order valence-corrected chi connectivity index (χ1v) is 7.58. The van der Waals surface area contributed by atoms with Gasteiger partial charge in [-0.1, -0.05) is 31.2 Å².